The van der Waals surface area contributed by atoms with Crippen LogP contribution in [0.25, 0.3) is 11.1 Å². The minimum absolute atomic E-state index is 0.299. The van der Waals surface area contributed by atoms with Crippen LogP contribution in [0, 0.1) is 0 Å². The van der Waals surface area contributed by atoms with Crippen LogP contribution in [0.5, 0.6) is 0 Å². The molecule has 0 saturated carbocycles. The maximum absolute atomic E-state index is 12.8. The lowest BCUT2D eigenvalue weighted by Crippen LogP contribution is -2.38. The van der Waals surface area contributed by atoms with Gasteiger partial charge >= 0.3 is 0 Å². The molecular weight excluding hydrogens is 336 g/mol. The molecular formula is C23H24N2O2. The zero-order chi connectivity index (χ0) is 18.2. The Balaban J connectivity index is 1.21. The van der Waals surface area contributed by atoms with Gasteiger partial charge in [-0.3, -0.25) is 4.79 Å². The number of nitrogens with zero attached hydrogens (tertiary/aromatic N) is 2. The SMILES string of the molecule is O=C(C[C@@H]1CCc2ccccc21)N1CCC(c2nc3ccccc3o2)CC1. The molecule has 138 valence electrons. The second-order valence-corrected chi connectivity index (χ2v) is 7.81. The van der Waals surface area contributed by atoms with Gasteiger partial charge in [-0.2, -0.15) is 0 Å². The topological polar surface area (TPSA) is 46.3 Å². The summed E-state index contributed by atoms with van der Waals surface area (Å²) in [7, 11) is 0. The van der Waals surface area contributed by atoms with E-state index in [1.165, 1.54) is 11.1 Å². The summed E-state index contributed by atoms with van der Waals surface area (Å²) >= 11 is 0. The Morgan fingerprint density at radius 1 is 1.04 bits per heavy atom. The van der Waals surface area contributed by atoms with Crippen molar-refractivity contribution >= 4 is 17.0 Å². The average molecular weight is 360 g/mol. The second-order valence-electron chi connectivity index (χ2n) is 7.81. The number of carbonyl (C=O) groups is 1. The Morgan fingerprint density at radius 3 is 2.67 bits per heavy atom. The zero-order valence-electron chi connectivity index (χ0n) is 15.4. The molecule has 0 bridgehead atoms. The van der Waals surface area contributed by atoms with Crippen molar-refractivity contribution in [2.24, 2.45) is 0 Å². The third kappa shape index (κ3) is 3.14. The second kappa shape index (κ2) is 6.84. The van der Waals surface area contributed by atoms with Gasteiger partial charge in [0.15, 0.2) is 11.5 Å². The first kappa shape index (κ1) is 16.5. The molecule has 2 aliphatic rings. The number of piperidine rings is 1. The number of carbonyl (C=O) groups excluding carboxylic acids is 1. The molecule has 0 N–H and O–H groups in total. The Kier molecular flexibility index (Phi) is 4.19. The minimum Gasteiger partial charge on any atom is -0.440 e. The number of hydrogen-bond donors (Lipinski definition) is 0. The molecule has 2 aromatic carbocycles. The number of hydrogen-bond acceptors (Lipinski definition) is 3. The first-order valence-corrected chi connectivity index (χ1v) is 9.99. The number of para-hydroxylation sites is 2. The Hall–Kier alpha value is -2.62. The smallest absolute Gasteiger partial charge is 0.223 e. The summed E-state index contributed by atoms with van der Waals surface area (Å²) in [6.07, 6.45) is 4.71. The van der Waals surface area contributed by atoms with Crippen molar-refractivity contribution in [1.82, 2.24) is 9.88 Å². The van der Waals surface area contributed by atoms with E-state index in [0.29, 0.717) is 24.2 Å². The first-order valence-electron chi connectivity index (χ1n) is 9.99. The van der Waals surface area contributed by atoms with Gasteiger partial charge in [-0.05, 0) is 54.9 Å². The van der Waals surface area contributed by atoms with E-state index in [2.05, 4.69) is 29.2 Å². The van der Waals surface area contributed by atoms with Gasteiger partial charge in [0, 0.05) is 25.4 Å². The van der Waals surface area contributed by atoms with Crippen LogP contribution >= 0.6 is 0 Å². The number of oxazole rings is 1. The molecule has 0 spiro atoms. The summed E-state index contributed by atoms with van der Waals surface area (Å²) in [6.45, 7) is 1.60. The van der Waals surface area contributed by atoms with E-state index < -0.39 is 0 Å². The molecule has 5 rings (SSSR count). The lowest BCUT2D eigenvalue weighted by molar-refractivity contribution is -0.132. The third-order valence-corrected chi connectivity index (χ3v) is 6.19. The molecule has 1 aliphatic heterocycles. The highest BCUT2D eigenvalue weighted by atomic mass is 16.3. The normalized spacial score (nSPS) is 20.1. The number of likely N-dealkylation sites (tertiary alicyclic amines) is 1. The maximum atomic E-state index is 12.8. The van der Waals surface area contributed by atoms with Gasteiger partial charge in [0.2, 0.25) is 5.91 Å². The Labute approximate surface area is 159 Å². The predicted octanol–water partition coefficient (Wildman–Crippen LogP) is 4.65. The largest absolute Gasteiger partial charge is 0.440 e. The van der Waals surface area contributed by atoms with Crippen LogP contribution in [-0.4, -0.2) is 28.9 Å². The Bertz CT molecular complexity index is 936. The van der Waals surface area contributed by atoms with Crippen molar-refractivity contribution in [2.75, 3.05) is 13.1 Å². The molecule has 1 fully saturated rings. The standard InChI is InChI=1S/C23H24N2O2/c26-22(15-18-10-9-16-5-1-2-6-19(16)18)25-13-11-17(12-14-25)23-24-20-7-3-4-8-21(20)27-23/h1-8,17-18H,9-15H2/t18-/m0/s1. The minimum atomic E-state index is 0.299. The van der Waals surface area contributed by atoms with E-state index >= 15 is 0 Å². The van der Waals surface area contributed by atoms with Gasteiger partial charge in [-0.15, -0.1) is 0 Å². The van der Waals surface area contributed by atoms with E-state index in [1.807, 2.05) is 29.2 Å². The molecule has 1 atom stereocenters. The number of aromatic nitrogens is 1. The molecule has 1 amide bonds. The van der Waals surface area contributed by atoms with Crippen LogP contribution < -0.4 is 0 Å². The number of aryl methyl sites for hydroxylation is 1. The lowest BCUT2D eigenvalue weighted by atomic mass is 9.94. The molecule has 4 nitrogen and oxygen atoms in total. The predicted molar refractivity (Wildman–Crippen MR) is 105 cm³/mol. The van der Waals surface area contributed by atoms with Gasteiger partial charge in [0.25, 0.3) is 0 Å². The monoisotopic (exact) mass is 360 g/mol. The van der Waals surface area contributed by atoms with Crippen molar-refractivity contribution in [1.29, 1.82) is 0 Å². The van der Waals surface area contributed by atoms with E-state index in [0.717, 1.165) is 55.8 Å². The summed E-state index contributed by atoms with van der Waals surface area (Å²) < 4.78 is 5.94. The summed E-state index contributed by atoms with van der Waals surface area (Å²) in [5.74, 6) is 1.83. The maximum Gasteiger partial charge on any atom is 0.223 e. The quantitative estimate of drug-likeness (QED) is 0.683. The van der Waals surface area contributed by atoms with Crippen molar-refractivity contribution in [2.45, 2.75) is 43.9 Å². The summed E-state index contributed by atoms with van der Waals surface area (Å²) in [4.78, 5) is 19.5. The average Bonchev–Trinajstić information content (AvgIpc) is 3.32. The van der Waals surface area contributed by atoms with E-state index in [9.17, 15) is 4.79 Å². The molecule has 3 aromatic rings. The van der Waals surface area contributed by atoms with Crippen LogP contribution in [-0.2, 0) is 11.2 Å². The highest BCUT2D eigenvalue weighted by molar-refractivity contribution is 5.77. The highest BCUT2D eigenvalue weighted by Gasteiger charge is 2.30. The summed E-state index contributed by atoms with van der Waals surface area (Å²) in [6, 6.07) is 16.5. The zero-order valence-corrected chi connectivity index (χ0v) is 15.4. The fourth-order valence-corrected chi connectivity index (χ4v) is 4.64. The molecule has 1 saturated heterocycles. The number of fused-ring (bicyclic) bond motifs is 2. The third-order valence-electron chi connectivity index (χ3n) is 6.19. The molecule has 27 heavy (non-hydrogen) atoms. The molecule has 0 unspecified atom stereocenters. The first-order chi connectivity index (χ1) is 13.3. The van der Waals surface area contributed by atoms with E-state index in [1.54, 1.807) is 0 Å². The fourth-order valence-electron chi connectivity index (χ4n) is 4.64. The number of benzene rings is 2. The highest BCUT2D eigenvalue weighted by Crippen LogP contribution is 2.36. The van der Waals surface area contributed by atoms with Gasteiger partial charge in [0.1, 0.15) is 5.52 Å². The molecule has 1 aromatic heterocycles. The molecule has 4 heteroatoms. The van der Waals surface area contributed by atoms with Crippen LogP contribution in [0.3, 0.4) is 0 Å². The number of rotatable bonds is 3. The van der Waals surface area contributed by atoms with Gasteiger partial charge in [-0.25, -0.2) is 4.98 Å². The van der Waals surface area contributed by atoms with Crippen molar-refractivity contribution < 1.29 is 9.21 Å². The van der Waals surface area contributed by atoms with Crippen LogP contribution in [0.2, 0.25) is 0 Å². The number of amides is 1. The van der Waals surface area contributed by atoms with Gasteiger partial charge in [-0.1, -0.05) is 36.4 Å². The van der Waals surface area contributed by atoms with Gasteiger partial charge in [0.05, 0.1) is 0 Å². The van der Waals surface area contributed by atoms with Crippen molar-refractivity contribution in [3.05, 3.63) is 65.5 Å². The summed E-state index contributed by atoms with van der Waals surface area (Å²) in [5, 5.41) is 0. The lowest BCUT2D eigenvalue weighted by Gasteiger charge is -2.31. The molecule has 2 heterocycles. The van der Waals surface area contributed by atoms with Crippen LogP contribution in [0.4, 0.5) is 0 Å². The van der Waals surface area contributed by atoms with E-state index in [-0.39, 0.29) is 0 Å². The van der Waals surface area contributed by atoms with Crippen LogP contribution in [0.1, 0.15) is 54.5 Å². The molecule has 0 radical (unpaired) electrons. The van der Waals surface area contributed by atoms with Crippen molar-refractivity contribution in [3.63, 3.8) is 0 Å². The molecule has 1 aliphatic carbocycles. The van der Waals surface area contributed by atoms with Crippen LogP contribution in [0.15, 0.2) is 52.9 Å². The van der Waals surface area contributed by atoms with E-state index in [4.69, 9.17) is 4.42 Å². The Morgan fingerprint density at radius 2 is 1.81 bits per heavy atom. The fraction of sp³-hybridized carbons (Fsp3) is 0.391. The van der Waals surface area contributed by atoms with Gasteiger partial charge < -0.3 is 9.32 Å². The van der Waals surface area contributed by atoms with Crippen molar-refractivity contribution in [3.8, 4) is 0 Å². The summed E-state index contributed by atoms with van der Waals surface area (Å²) in [5.41, 5.74) is 4.58.